The van der Waals surface area contributed by atoms with E-state index in [1.165, 1.54) is 13.0 Å². The first-order valence-electron chi connectivity index (χ1n) is 9.10. The monoisotopic (exact) mass is 419 g/mol. The predicted octanol–water partition coefficient (Wildman–Crippen LogP) is 4.14. The Kier molecular flexibility index (Phi) is 5.95. The van der Waals surface area contributed by atoms with Crippen LogP contribution in [0.5, 0.6) is 0 Å². The Balaban J connectivity index is 1.67. The zero-order valence-corrected chi connectivity index (χ0v) is 16.3. The van der Waals surface area contributed by atoms with Crippen LogP contribution in [0.3, 0.4) is 0 Å². The number of para-hydroxylation sites is 2. The molecular weight excluding hydrogens is 399 g/mol. The molecule has 0 aliphatic carbocycles. The summed E-state index contributed by atoms with van der Waals surface area (Å²) < 4.78 is 42.0. The molecule has 0 unspecified atom stereocenters. The van der Waals surface area contributed by atoms with Crippen LogP contribution in [0.15, 0.2) is 42.5 Å². The Morgan fingerprint density at radius 1 is 1.10 bits per heavy atom. The van der Waals surface area contributed by atoms with Gasteiger partial charge in [-0.15, -0.1) is 0 Å². The molecule has 0 atom stereocenters. The van der Waals surface area contributed by atoms with E-state index in [1.54, 1.807) is 0 Å². The number of anilines is 2. The molecule has 30 heavy (non-hydrogen) atoms. The minimum absolute atomic E-state index is 0.0109. The molecule has 3 aromatic rings. The molecule has 1 heterocycles. The number of urea groups is 1. The summed E-state index contributed by atoms with van der Waals surface area (Å²) in [5.74, 6) is 0.273. The summed E-state index contributed by atoms with van der Waals surface area (Å²) in [5, 5.41) is 7.06. The number of rotatable bonds is 5. The maximum absolute atomic E-state index is 13.4. The maximum atomic E-state index is 13.4. The molecule has 0 fully saturated rings. The second-order valence-electron chi connectivity index (χ2n) is 6.62. The third-order valence-corrected chi connectivity index (χ3v) is 4.36. The van der Waals surface area contributed by atoms with Gasteiger partial charge < -0.3 is 20.5 Å². The van der Waals surface area contributed by atoms with Gasteiger partial charge in [-0.2, -0.15) is 13.2 Å². The molecule has 0 aliphatic heterocycles. The summed E-state index contributed by atoms with van der Waals surface area (Å²) in [6.07, 6.45) is -4.70. The second-order valence-corrected chi connectivity index (χ2v) is 6.62. The van der Waals surface area contributed by atoms with Crippen molar-refractivity contribution >= 4 is 34.3 Å². The van der Waals surface area contributed by atoms with Crippen molar-refractivity contribution in [2.24, 2.45) is 0 Å². The number of benzene rings is 2. The topological polar surface area (TPSA) is 88.0 Å². The number of carbonyl (C=O) groups excluding carboxylic acids is 2. The minimum Gasteiger partial charge on any atom is -0.336 e. The summed E-state index contributed by atoms with van der Waals surface area (Å²) in [4.78, 5) is 27.7. The Labute approximate surface area is 170 Å². The lowest BCUT2D eigenvalue weighted by Crippen LogP contribution is -2.32. The van der Waals surface area contributed by atoms with Gasteiger partial charge in [-0.3, -0.25) is 4.79 Å². The summed E-state index contributed by atoms with van der Waals surface area (Å²) in [5.41, 5.74) is 0.264. The Morgan fingerprint density at radius 3 is 2.53 bits per heavy atom. The summed E-state index contributed by atoms with van der Waals surface area (Å²) >= 11 is 0. The number of aromatic nitrogens is 2. The Hall–Kier alpha value is -3.56. The van der Waals surface area contributed by atoms with Crippen LogP contribution in [0.1, 0.15) is 18.3 Å². The molecule has 0 saturated heterocycles. The van der Waals surface area contributed by atoms with Crippen LogP contribution < -0.4 is 16.0 Å². The molecule has 0 aliphatic rings. The standard InChI is InChI=1S/C20H20F3N5O2/c1-12-25-17-5-3-4-6-18(17)28(12)10-9-24-19(30)27-16-8-7-14(26-13(2)29)11-15(16)20(21,22)23/h3-8,11H,9-10H2,1-2H3,(H,26,29)(H2,24,27,30). The predicted molar refractivity (Wildman–Crippen MR) is 107 cm³/mol. The van der Waals surface area contributed by atoms with Crippen molar-refractivity contribution in [1.29, 1.82) is 0 Å². The van der Waals surface area contributed by atoms with E-state index in [0.717, 1.165) is 29.0 Å². The highest BCUT2D eigenvalue weighted by atomic mass is 19.4. The number of amides is 3. The van der Waals surface area contributed by atoms with E-state index in [-0.39, 0.29) is 12.2 Å². The van der Waals surface area contributed by atoms with Crippen molar-refractivity contribution in [3.63, 3.8) is 0 Å². The average molecular weight is 419 g/mol. The molecule has 7 nitrogen and oxygen atoms in total. The quantitative estimate of drug-likeness (QED) is 0.581. The Morgan fingerprint density at radius 2 is 1.83 bits per heavy atom. The fraction of sp³-hybridized carbons (Fsp3) is 0.250. The van der Waals surface area contributed by atoms with Crippen LogP contribution in [-0.2, 0) is 17.5 Å². The summed E-state index contributed by atoms with van der Waals surface area (Å²) in [7, 11) is 0. The first kappa shape index (κ1) is 21.2. The van der Waals surface area contributed by atoms with Crippen LogP contribution in [0, 0.1) is 6.92 Å². The number of fused-ring (bicyclic) bond motifs is 1. The molecule has 158 valence electrons. The lowest BCUT2D eigenvalue weighted by molar-refractivity contribution is -0.137. The van der Waals surface area contributed by atoms with Crippen LogP contribution >= 0.6 is 0 Å². The van der Waals surface area contributed by atoms with Crippen molar-refractivity contribution in [1.82, 2.24) is 14.9 Å². The van der Waals surface area contributed by atoms with Crippen molar-refractivity contribution in [2.45, 2.75) is 26.6 Å². The van der Waals surface area contributed by atoms with Crippen molar-refractivity contribution in [3.05, 3.63) is 53.9 Å². The maximum Gasteiger partial charge on any atom is 0.418 e. The highest BCUT2D eigenvalue weighted by molar-refractivity contribution is 5.92. The lowest BCUT2D eigenvalue weighted by Gasteiger charge is -2.16. The smallest absolute Gasteiger partial charge is 0.336 e. The SMILES string of the molecule is CC(=O)Nc1ccc(NC(=O)NCCn2c(C)nc3ccccc32)c(C(F)(F)F)c1. The second kappa shape index (κ2) is 8.44. The number of alkyl halides is 3. The van der Waals surface area contributed by atoms with E-state index in [1.807, 2.05) is 35.8 Å². The number of hydrogen-bond donors (Lipinski definition) is 3. The Bertz CT molecular complexity index is 1090. The fourth-order valence-electron chi connectivity index (χ4n) is 3.09. The summed E-state index contributed by atoms with van der Waals surface area (Å²) in [6, 6.07) is 9.93. The normalized spacial score (nSPS) is 11.4. The molecule has 0 spiro atoms. The molecule has 10 heteroatoms. The zero-order valence-electron chi connectivity index (χ0n) is 16.3. The van der Waals surface area contributed by atoms with Gasteiger partial charge in [0.05, 0.1) is 22.3 Å². The summed E-state index contributed by atoms with van der Waals surface area (Å²) in [6.45, 7) is 3.64. The van der Waals surface area contributed by atoms with Gasteiger partial charge in [-0.25, -0.2) is 9.78 Å². The molecule has 3 rings (SSSR count). The number of aryl methyl sites for hydroxylation is 1. The highest BCUT2D eigenvalue weighted by Gasteiger charge is 2.34. The van der Waals surface area contributed by atoms with Crippen LogP contribution in [0.2, 0.25) is 0 Å². The minimum atomic E-state index is -4.70. The third-order valence-electron chi connectivity index (χ3n) is 4.36. The van der Waals surface area contributed by atoms with E-state index in [9.17, 15) is 22.8 Å². The number of halogens is 3. The van der Waals surface area contributed by atoms with Crippen LogP contribution in [0.25, 0.3) is 11.0 Å². The molecular formula is C20H20F3N5O2. The van der Waals surface area contributed by atoms with Crippen LogP contribution in [0.4, 0.5) is 29.3 Å². The number of hydrogen-bond acceptors (Lipinski definition) is 3. The molecule has 3 N–H and O–H groups in total. The molecule has 2 aromatic carbocycles. The van der Waals surface area contributed by atoms with Gasteiger partial charge >= 0.3 is 12.2 Å². The highest BCUT2D eigenvalue weighted by Crippen LogP contribution is 2.36. The molecule has 0 bridgehead atoms. The lowest BCUT2D eigenvalue weighted by atomic mass is 10.1. The van der Waals surface area contributed by atoms with Crippen molar-refractivity contribution in [3.8, 4) is 0 Å². The van der Waals surface area contributed by atoms with Crippen molar-refractivity contribution in [2.75, 3.05) is 17.2 Å². The van der Waals surface area contributed by atoms with Gasteiger partial charge in [-0.05, 0) is 37.3 Å². The largest absolute Gasteiger partial charge is 0.418 e. The number of imidazole rings is 1. The van der Waals surface area contributed by atoms with Crippen LogP contribution in [-0.4, -0.2) is 28.0 Å². The fourth-order valence-corrected chi connectivity index (χ4v) is 3.09. The zero-order chi connectivity index (χ0) is 21.9. The van der Waals surface area contributed by atoms with Gasteiger partial charge in [0.25, 0.3) is 0 Å². The van der Waals surface area contributed by atoms with Gasteiger partial charge in [0.2, 0.25) is 5.91 Å². The first-order valence-corrected chi connectivity index (χ1v) is 9.10. The third kappa shape index (κ3) is 4.88. The van der Waals surface area contributed by atoms with E-state index >= 15 is 0 Å². The van der Waals surface area contributed by atoms with Gasteiger partial charge in [0.1, 0.15) is 5.82 Å². The number of nitrogens with one attached hydrogen (secondary N) is 3. The van der Waals surface area contributed by atoms with Gasteiger partial charge in [0, 0.05) is 25.7 Å². The molecule has 0 saturated carbocycles. The van der Waals surface area contributed by atoms with E-state index in [2.05, 4.69) is 20.9 Å². The van der Waals surface area contributed by atoms with E-state index in [4.69, 9.17) is 0 Å². The number of nitrogens with zero attached hydrogens (tertiary/aromatic N) is 2. The van der Waals surface area contributed by atoms with Gasteiger partial charge in [0.15, 0.2) is 0 Å². The molecule has 3 amide bonds. The van der Waals surface area contributed by atoms with E-state index in [0.29, 0.717) is 6.54 Å². The van der Waals surface area contributed by atoms with E-state index < -0.39 is 29.4 Å². The molecule has 1 aromatic heterocycles. The molecule has 0 radical (unpaired) electrons. The number of carbonyl (C=O) groups is 2. The first-order chi connectivity index (χ1) is 14.1. The van der Waals surface area contributed by atoms with Gasteiger partial charge in [-0.1, -0.05) is 12.1 Å². The average Bonchev–Trinajstić information content (AvgIpc) is 2.97. The van der Waals surface area contributed by atoms with Crippen molar-refractivity contribution < 1.29 is 22.8 Å².